The number of thiazole rings is 1. The zero-order valence-electron chi connectivity index (χ0n) is 10.9. The van der Waals surface area contributed by atoms with Crippen molar-refractivity contribution < 1.29 is 4.79 Å². The molecule has 2 heterocycles. The molecule has 21 heavy (non-hydrogen) atoms. The maximum Gasteiger partial charge on any atom is 0.325 e. The van der Waals surface area contributed by atoms with E-state index < -0.39 is 0 Å². The fourth-order valence-electron chi connectivity index (χ4n) is 2.06. The average molecular weight is 343 g/mol. The van der Waals surface area contributed by atoms with E-state index in [2.05, 4.69) is 20.9 Å². The second kappa shape index (κ2) is 6.19. The number of carbonyl (C=O) groups excluding carboxylic acids is 1. The Labute approximate surface area is 135 Å². The molecule has 0 aliphatic carbocycles. The predicted molar refractivity (Wildman–Crippen MR) is 86.6 cm³/mol. The van der Waals surface area contributed by atoms with Crippen LogP contribution in [0.2, 0.25) is 10.0 Å². The molecule has 3 N–H and O–H groups in total. The quantitative estimate of drug-likeness (QED) is 0.778. The zero-order valence-corrected chi connectivity index (χ0v) is 13.2. The molecule has 8 heteroatoms. The molecule has 0 unspecified atom stereocenters. The van der Waals surface area contributed by atoms with E-state index in [9.17, 15) is 4.79 Å². The van der Waals surface area contributed by atoms with Crippen LogP contribution in [-0.4, -0.2) is 17.6 Å². The Morgan fingerprint density at radius 3 is 2.71 bits per heavy atom. The van der Waals surface area contributed by atoms with Crippen molar-refractivity contribution in [3.63, 3.8) is 0 Å². The number of benzene rings is 1. The van der Waals surface area contributed by atoms with Gasteiger partial charge < -0.3 is 10.6 Å². The minimum Gasteiger partial charge on any atom is -0.311 e. The highest BCUT2D eigenvalue weighted by Gasteiger charge is 2.16. The van der Waals surface area contributed by atoms with Crippen LogP contribution >= 0.6 is 34.5 Å². The number of nitrogens with zero attached hydrogens (tertiary/aromatic N) is 1. The molecule has 0 bridgehead atoms. The van der Waals surface area contributed by atoms with Crippen LogP contribution in [0.25, 0.3) is 0 Å². The Balaban J connectivity index is 1.67. The molecule has 3 rings (SSSR count). The number of fused-ring (bicyclic) bond motifs is 1. The van der Waals surface area contributed by atoms with Gasteiger partial charge in [-0.05, 0) is 18.2 Å². The topological polar surface area (TPSA) is 66.0 Å². The summed E-state index contributed by atoms with van der Waals surface area (Å²) in [7, 11) is 0. The first-order chi connectivity index (χ1) is 10.1. The third kappa shape index (κ3) is 3.65. The Morgan fingerprint density at radius 1 is 1.24 bits per heavy atom. The van der Waals surface area contributed by atoms with Gasteiger partial charge in [0.05, 0.1) is 5.69 Å². The number of anilines is 2. The smallest absolute Gasteiger partial charge is 0.311 e. The van der Waals surface area contributed by atoms with Crippen molar-refractivity contribution in [2.24, 2.45) is 0 Å². The van der Waals surface area contributed by atoms with Crippen LogP contribution in [0, 0.1) is 0 Å². The van der Waals surface area contributed by atoms with Gasteiger partial charge >= 0.3 is 6.03 Å². The Hall–Kier alpha value is -1.34. The van der Waals surface area contributed by atoms with Crippen molar-refractivity contribution in [1.29, 1.82) is 0 Å². The van der Waals surface area contributed by atoms with Crippen molar-refractivity contribution in [3.8, 4) is 0 Å². The summed E-state index contributed by atoms with van der Waals surface area (Å²) >= 11 is 13.3. The SMILES string of the molecule is O=C(Nc1cc(Cl)cc(Cl)c1)Nc1nc2c(s1)CNCC2. The van der Waals surface area contributed by atoms with E-state index >= 15 is 0 Å². The van der Waals surface area contributed by atoms with E-state index in [0.29, 0.717) is 20.9 Å². The molecule has 0 atom stereocenters. The highest BCUT2D eigenvalue weighted by Crippen LogP contribution is 2.26. The van der Waals surface area contributed by atoms with Crippen LogP contribution in [0.5, 0.6) is 0 Å². The summed E-state index contributed by atoms with van der Waals surface area (Å²) in [6, 6.07) is 4.49. The van der Waals surface area contributed by atoms with Gasteiger partial charge in [0, 0.05) is 40.1 Å². The van der Waals surface area contributed by atoms with Gasteiger partial charge in [0.1, 0.15) is 0 Å². The van der Waals surface area contributed by atoms with Crippen molar-refractivity contribution in [2.45, 2.75) is 13.0 Å². The molecule has 0 fully saturated rings. The molecule has 1 aliphatic rings. The molecule has 1 aromatic carbocycles. The van der Waals surface area contributed by atoms with E-state index in [1.54, 1.807) is 18.2 Å². The standard InChI is InChI=1S/C13H12Cl2N4OS/c14-7-3-8(15)5-9(4-7)17-12(20)19-13-18-10-1-2-16-6-11(10)21-13/h3-5,16H,1-2,6H2,(H2,17,18,19,20). The van der Waals surface area contributed by atoms with Crippen LogP contribution < -0.4 is 16.0 Å². The highest BCUT2D eigenvalue weighted by molar-refractivity contribution is 7.15. The fourth-order valence-corrected chi connectivity index (χ4v) is 3.56. The first-order valence-electron chi connectivity index (χ1n) is 6.33. The monoisotopic (exact) mass is 342 g/mol. The Kier molecular flexibility index (Phi) is 4.30. The second-order valence-electron chi connectivity index (χ2n) is 4.55. The minimum atomic E-state index is -0.368. The average Bonchev–Trinajstić information content (AvgIpc) is 2.78. The van der Waals surface area contributed by atoms with Crippen molar-refractivity contribution >= 4 is 51.4 Å². The first-order valence-corrected chi connectivity index (χ1v) is 7.91. The molecule has 2 aromatic rings. The molecular weight excluding hydrogens is 331 g/mol. The third-order valence-corrected chi connectivity index (χ3v) is 4.39. The lowest BCUT2D eigenvalue weighted by Crippen LogP contribution is -2.22. The van der Waals surface area contributed by atoms with Gasteiger partial charge in [-0.2, -0.15) is 0 Å². The number of hydrogen-bond donors (Lipinski definition) is 3. The third-order valence-electron chi connectivity index (χ3n) is 2.94. The normalized spacial score (nSPS) is 13.6. The van der Waals surface area contributed by atoms with E-state index in [1.165, 1.54) is 16.2 Å². The summed E-state index contributed by atoms with van der Waals surface area (Å²) in [6.07, 6.45) is 0.888. The van der Waals surface area contributed by atoms with Crippen LogP contribution in [-0.2, 0) is 13.0 Å². The second-order valence-corrected chi connectivity index (χ2v) is 6.51. The van der Waals surface area contributed by atoms with Gasteiger partial charge in [0.25, 0.3) is 0 Å². The maximum absolute atomic E-state index is 12.0. The number of urea groups is 1. The number of amides is 2. The van der Waals surface area contributed by atoms with Gasteiger partial charge in [0.2, 0.25) is 0 Å². The molecule has 0 radical (unpaired) electrons. The van der Waals surface area contributed by atoms with E-state index in [1.807, 2.05) is 0 Å². The first kappa shape index (κ1) is 14.6. The summed E-state index contributed by atoms with van der Waals surface area (Å²) in [5.74, 6) is 0. The van der Waals surface area contributed by atoms with E-state index in [4.69, 9.17) is 23.2 Å². The van der Waals surface area contributed by atoms with Gasteiger partial charge in [0.15, 0.2) is 5.13 Å². The van der Waals surface area contributed by atoms with Gasteiger partial charge in [-0.3, -0.25) is 5.32 Å². The summed E-state index contributed by atoms with van der Waals surface area (Å²) in [4.78, 5) is 17.6. The number of rotatable bonds is 2. The lowest BCUT2D eigenvalue weighted by molar-refractivity contribution is 0.262. The van der Waals surface area contributed by atoms with E-state index in [-0.39, 0.29) is 6.03 Å². The summed E-state index contributed by atoms with van der Waals surface area (Å²) in [5, 5.41) is 10.2. The highest BCUT2D eigenvalue weighted by atomic mass is 35.5. The van der Waals surface area contributed by atoms with E-state index in [0.717, 1.165) is 25.2 Å². The van der Waals surface area contributed by atoms with Crippen LogP contribution in [0.4, 0.5) is 15.6 Å². The van der Waals surface area contributed by atoms with Crippen molar-refractivity contribution in [2.75, 3.05) is 17.2 Å². The lowest BCUT2D eigenvalue weighted by atomic mass is 10.2. The van der Waals surface area contributed by atoms with Crippen LogP contribution in [0.3, 0.4) is 0 Å². The number of hydrogen-bond acceptors (Lipinski definition) is 4. The zero-order chi connectivity index (χ0) is 14.8. The number of halogens is 2. The maximum atomic E-state index is 12.0. The van der Waals surface area contributed by atoms with Crippen molar-refractivity contribution in [1.82, 2.24) is 10.3 Å². The Bertz CT molecular complexity index is 645. The molecule has 1 aliphatic heterocycles. The van der Waals surface area contributed by atoms with Crippen molar-refractivity contribution in [3.05, 3.63) is 38.8 Å². The number of aromatic nitrogens is 1. The fraction of sp³-hybridized carbons (Fsp3) is 0.231. The Morgan fingerprint density at radius 2 is 2.00 bits per heavy atom. The molecule has 1 aromatic heterocycles. The predicted octanol–water partition coefficient (Wildman–Crippen LogP) is 3.74. The molecule has 5 nitrogen and oxygen atoms in total. The largest absolute Gasteiger partial charge is 0.325 e. The molecule has 0 saturated heterocycles. The number of carbonyl (C=O) groups is 1. The molecular formula is C13H12Cl2N4OS. The lowest BCUT2D eigenvalue weighted by Gasteiger charge is -2.09. The van der Waals surface area contributed by atoms with Gasteiger partial charge in [-0.25, -0.2) is 9.78 Å². The summed E-state index contributed by atoms with van der Waals surface area (Å²) < 4.78 is 0. The van der Waals surface area contributed by atoms with Crippen LogP contribution in [0.15, 0.2) is 18.2 Å². The van der Waals surface area contributed by atoms with Gasteiger partial charge in [-0.15, -0.1) is 11.3 Å². The molecule has 110 valence electrons. The molecule has 0 saturated carbocycles. The number of nitrogens with one attached hydrogen (secondary N) is 3. The molecule has 0 spiro atoms. The summed E-state index contributed by atoms with van der Waals surface area (Å²) in [6.45, 7) is 1.73. The van der Waals surface area contributed by atoms with Crippen LogP contribution in [0.1, 0.15) is 10.6 Å². The molecule has 2 amide bonds. The summed E-state index contributed by atoms with van der Waals surface area (Å²) in [5.41, 5.74) is 1.59. The minimum absolute atomic E-state index is 0.368. The van der Waals surface area contributed by atoms with Gasteiger partial charge in [-0.1, -0.05) is 23.2 Å².